The van der Waals surface area contributed by atoms with Crippen LogP contribution in [0.3, 0.4) is 0 Å². The Morgan fingerprint density at radius 1 is 1.52 bits per heavy atom. The number of hydrogen-bond donors (Lipinski definition) is 2. The predicted octanol–water partition coefficient (Wildman–Crippen LogP) is 0.351. The van der Waals surface area contributed by atoms with Crippen LogP contribution in [0.4, 0.5) is 5.82 Å². The summed E-state index contributed by atoms with van der Waals surface area (Å²) in [5, 5.41) is 3.94. The van der Waals surface area contributed by atoms with Gasteiger partial charge >= 0.3 is 5.97 Å². The summed E-state index contributed by atoms with van der Waals surface area (Å²) in [6, 6.07) is -0.978. The second kappa shape index (κ2) is 6.90. The molecule has 0 fully saturated rings. The molecule has 3 N–H and O–H groups in total. The fourth-order valence-electron chi connectivity index (χ4n) is 1.78. The molecule has 21 heavy (non-hydrogen) atoms. The molecule has 1 heterocycles. The van der Waals surface area contributed by atoms with Gasteiger partial charge in [-0.05, 0) is 12.3 Å². The summed E-state index contributed by atoms with van der Waals surface area (Å²) < 4.78 is 33.1. The first-order valence-electron chi connectivity index (χ1n) is 6.66. The molecule has 0 radical (unpaired) electrons. The number of nitrogens with two attached hydrogens (primary N) is 1. The zero-order valence-corrected chi connectivity index (χ0v) is 13.5. The average Bonchev–Trinajstić information content (AvgIpc) is 2.77. The van der Waals surface area contributed by atoms with Crippen LogP contribution in [0.2, 0.25) is 0 Å². The largest absolute Gasteiger partial charge is 0.468 e. The van der Waals surface area contributed by atoms with Crippen LogP contribution in [0, 0.1) is 5.92 Å². The number of ether oxygens (including phenoxy) is 1. The first-order valence-corrected chi connectivity index (χ1v) is 8.14. The van der Waals surface area contributed by atoms with Gasteiger partial charge in [-0.3, -0.25) is 9.48 Å². The number of nitrogen functional groups attached to an aromatic ring is 1. The first kappa shape index (κ1) is 17.4. The lowest BCUT2D eigenvalue weighted by atomic mass is 10.1. The number of carbonyl (C=O) groups is 1. The van der Waals surface area contributed by atoms with E-state index < -0.39 is 22.0 Å². The van der Waals surface area contributed by atoms with E-state index in [1.165, 1.54) is 18.0 Å². The van der Waals surface area contributed by atoms with Gasteiger partial charge in [0.1, 0.15) is 10.9 Å². The highest BCUT2D eigenvalue weighted by Crippen LogP contribution is 2.18. The second-order valence-electron chi connectivity index (χ2n) is 5.01. The Morgan fingerprint density at radius 3 is 2.62 bits per heavy atom. The summed E-state index contributed by atoms with van der Waals surface area (Å²) >= 11 is 0. The fraction of sp³-hybridized carbons (Fsp3) is 0.667. The molecule has 1 atom stereocenters. The van der Waals surface area contributed by atoms with Gasteiger partial charge in [0.2, 0.25) is 10.0 Å². The van der Waals surface area contributed by atoms with Crippen molar-refractivity contribution in [2.24, 2.45) is 5.92 Å². The summed E-state index contributed by atoms with van der Waals surface area (Å²) in [6.07, 6.45) is 2.15. The van der Waals surface area contributed by atoms with Crippen LogP contribution in [0.1, 0.15) is 27.2 Å². The van der Waals surface area contributed by atoms with E-state index in [9.17, 15) is 13.2 Å². The van der Waals surface area contributed by atoms with Crippen molar-refractivity contribution < 1.29 is 17.9 Å². The zero-order chi connectivity index (χ0) is 16.2. The van der Waals surface area contributed by atoms with E-state index in [4.69, 9.17) is 5.73 Å². The number of methoxy groups -OCH3 is 1. The van der Waals surface area contributed by atoms with Gasteiger partial charge in [-0.2, -0.15) is 9.82 Å². The fourth-order valence-corrected chi connectivity index (χ4v) is 3.19. The zero-order valence-electron chi connectivity index (χ0n) is 12.7. The number of aromatic nitrogens is 2. The molecule has 0 spiro atoms. The Bertz CT molecular complexity index is 594. The molecule has 0 aliphatic heterocycles. The number of hydrogen-bond acceptors (Lipinski definition) is 6. The lowest BCUT2D eigenvalue weighted by Crippen LogP contribution is -2.44. The highest BCUT2D eigenvalue weighted by molar-refractivity contribution is 7.89. The summed E-state index contributed by atoms with van der Waals surface area (Å²) in [5.41, 5.74) is 5.65. The molecule has 120 valence electrons. The Labute approximate surface area is 124 Å². The molecule has 0 saturated carbocycles. The lowest BCUT2D eigenvalue weighted by Gasteiger charge is -2.19. The van der Waals surface area contributed by atoms with Crippen LogP contribution in [0.25, 0.3) is 0 Å². The van der Waals surface area contributed by atoms with Crippen molar-refractivity contribution in [1.29, 1.82) is 0 Å². The number of anilines is 1. The molecule has 0 amide bonds. The Hall–Kier alpha value is -1.61. The van der Waals surface area contributed by atoms with E-state index >= 15 is 0 Å². The number of nitrogens with one attached hydrogen (secondary N) is 1. The molecular weight excluding hydrogens is 296 g/mol. The van der Waals surface area contributed by atoms with Gasteiger partial charge in [0.25, 0.3) is 0 Å². The highest BCUT2D eigenvalue weighted by Gasteiger charge is 2.31. The number of esters is 1. The van der Waals surface area contributed by atoms with Gasteiger partial charge in [-0.25, -0.2) is 8.42 Å². The molecule has 1 unspecified atom stereocenters. The van der Waals surface area contributed by atoms with Crippen LogP contribution < -0.4 is 10.5 Å². The molecule has 0 saturated heterocycles. The van der Waals surface area contributed by atoms with Gasteiger partial charge in [-0.1, -0.05) is 20.8 Å². The summed E-state index contributed by atoms with van der Waals surface area (Å²) in [6.45, 7) is 5.93. The maximum Gasteiger partial charge on any atom is 0.324 e. The summed E-state index contributed by atoms with van der Waals surface area (Å²) in [7, 11) is -2.74. The Balaban J connectivity index is 3.07. The highest BCUT2D eigenvalue weighted by atomic mass is 32.2. The smallest absolute Gasteiger partial charge is 0.324 e. The van der Waals surface area contributed by atoms with Crippen molar-refractivity contribution in [3.8, 4) is 0 Å². The van der Waals surface area contributed by atoms with Crippen LogP contribution in [0.5, 0.6) is 0 Å². The van der Waals surface area contributed by atoms with Crippen molar-refractivity contribution in [1.82, 2.24) is 14.5 Å². The van der Waals surface area contributed by atoms with Gasteiger partial charge in [0, 0.05) is 12.7 Å². The summed E-state index contributed by atoms with van der Waals surface area (Å²) in [5.74, 6) is -1.00. The number of aryl methyl sites for hydroxylation is 1. The van der Waals surface area contributed by atoms with Crippen LogP contribution >= 0.6 is 0 Å². The van der Waals surface area contributed by atoms with Gasteiger partial charge in [0.05, 0.1) is 7.11 Å². The lowest BCUT2D eigenvalue weighted by molar-refractivity contribution is -0.143. The molecule has 0 aliphatic rings. The van der Waals surface area contributed by atoms with E-state index in [0.29, 0.717) is 6.54 Å². The monoisotopic (exact) mass is 318 g/mol. The van der Waals surface area contributed by atoms with E-state index in [2.05, 4.69) is 14.6 Å². The molecule has 0 aliphatic carbocycles. The van der Waals surface area contributed by atoms with Crippen LogP contribution in [0.15, 0.2) is 11.1 Å². The van der Waals surface area contributed by atoms with Crippen molar-refractivity contribution in [2.45, 2.75) is 44.7 Å². The summed E-state index contributed by atoms with van der Waals surface area (Å²) in [4.78, 5) is 11.5. The first-order chi connectivity index (χ1) is 9.72. The third-order valence-corrected chi connectivity index (χ3v) is 4.36. The number of sulfonamides is 1. The molecule has 1 aromatic rings. The molecule has 0 bridgehead atoms. The van der Waals surface area contributed by atoms with Crippen molar-refractivity contribution in [2.75, 3.05) is 12.8 Å². The molecule has 8 nitrogen and oxygen atoms in total. The number of carbonyl (C=O) groups excluding carboxylic acids is 1. The average molecular weight is 318 g/mol. The third kappa shape index (κ3) is 4.18. The normalized spacial score (nSPS) is 13.4. The standard InChI is InChI=1S/C12H22N4O4S/c1-5-6-16-7-9(11(13)14-16)21(18,19)15-10(8(2)3)12(17)20-4/h7-8,10,15H,5-6H2,1-4H3,(H2,13,14). The number of nitrogens with zero attached hydrogens (tertiary/aromatic N) is 2. The van der Waals surface area contributed by atoms with Crippen molar-refractivity contribution >= 4 is 21.8 Å². The number of rotatable bonds is 7. The van der Waals surface area contributed by atoms with E-state index in [0.717, 1.165) is 6.42 Å². The minimum absolute atomic E-state index is 0.0941. The van der Waals surface area contributed by atoms with E-state index in [1.807, 2.05) is 6.92 Å². The molecule has 1 aromatic heterocycles. The van der Waals surface area contributed by atoms with Gasteiger partial charge in [-0.15, -0.1) is 0 Å². The maximum absolute atomic E-state index is 12.4. The minimum Gasteiger partial charge on any atom is -0.468 e. The molecule has 1 rings (SSSR count). The quantitative estimate of drug-likeness (QED) is 0.701. The van der Waals surface area contributed by atoms with E-state index in [1.54, 1.807) is 13.8 Å². The van der Waals surface area contributed by atoms with Crippen molar-refractivity contribution in [3.63, 3.8) is 0 Å². The Kier molecular flexibility index (Phi) is 5.73. The molecular formula is C12H22N4O4S. The second-order valence-corrected chi connectivity index (χ2v) is 6.69. The van der Waals surface area contributed by atoms with Crippen LogP contribution in [-0.2, 0) is 26.1 Å². The van der Waals surface area contributed by atoms with Gasteiger partial charge in [0.15, 0.2) is 5.82 Å². The molecule has 0 aromatic carbocycles. The Morgan fingerprint density at radius 2 is 2.14 bits per heavy atom. The maximum atomic E-state index is 12.4. The van der Waals surface area contributed by atoms with Gasteiger partial charge < -0.3 is 10.5 Å². The predicted molar refractivity (Wildman–Crippen MR) is 77.9 cm³/mol. The topological polar surface area (TPSA) is 116 Å². The molecule has 9 heteroatoms. The van der Waals surface area contributed by atoms with E-state index in [-0.39, 0.29) is 16.6 Å². The van der Waals surface area contributed by atoms with Crippen LogP contribution in [-0.4, -0.2) is 37.3 Å². The SMILES string of the molecule is CCCn1cc(S(=O)(=O)NC(C(=O)OC)C(C)C)c(N)n1. The third-order valence-electron chi connectivity index (χ3n) is 2.90. The minimum atomic E-state index is -3.95. The van der Waals surface area contributed by atoms with Crippen molar-refractivity contribution in [3.05, 3.63) is 6.20 Å².